The number of carboxylic acids is 1. The number of urea groups is 1. The summed E-state index contributed by atoms with van der Waals surface area (Å²) in [5.74, 6) is -1.32. The number of amides is 2. The van der Waals surface area contributed by atoms with E-state index in [9.17, 15) is 14.4 Å². The van der Waals surface area contributed by atoms with Gasteiger partial charge in [0.1, 0.15) is 0 Å². The third kappa shape index (κ3) is 4.97. The Kier molecular flexibility index (Phi) is 6.17. The summed E-state index contributed by atoms with van der Waals surface area (Å²) in [5, 5.41) is 14.4. The summed E-state index contributed by atoms with van der Waals surface area (Å²) in [6.45, 7) is 2.45. The zero-order valence-electron chi connectivity index (χ0n) is 13.6. The lowest BCUT2D eigenvalue weighted by Gasteiger charge is -2.14. The van der Waals surface area contributed by atoms with Gasteiger partial charge in [0, 0.05) is 12.6 Å². The van der Waals surface area contributed by atoms with Crippen molar-refractivity contribution in [1.29, 1.82) is 0 Å². The third-order valence-electron chi connectivity index (χ3n) is 4.04. The number of rotatable bonds is 6. The first kappa shape index (κ1) is 17.8. The van der Waals surface area contributed by atoms with Gasteiger partial charge in [-0.3, -0.25) is 4.79 Å². The van der Waals surface area contributed by atoms with Gasteiger partial charge < -0.3 is 20.5 Å². The van der Waals surface area contributed by atoms with Crippen molar-refractivity contribution >= 4 is 18.0 Å². The smallest absolute Gasteiger partial charge is 0.335 e. The molecule has 0 heterocycles. The largest absolute Gasteiger partial charge is 0.478 e. The molecule has 0 saturated heterocycles. The summed E-state index contributed by atoms with van der Waals surface area (Å²) in [4.78, 5) is 34.4. The number of carboxylic acid groups (broad SMARTS) is 1. The molecule has 130 valence electrons. The van der Waals surface area contributed by atoms with Gasteiger partial charge in [-0.2, -0.15) is 0 Å². The lowest BCUT2D eigenvalue weighted by Crippen LogP contribution is -2.40. The van der Waals surface area contributed by atoms with Crippen LogP contribution in [0.1, 0.15) is 42.1 Å². The average Bonchev–Trinajstić information content (AvgIpc) is 3.02. The molecule has 1 aromatic carbocycles. The van der Waals surface area contributed by atoms with Crippen LogP contribution in [0.4, 0.5) is 4.79 Å². The summed E-state index contributed by atoms with van der Waals surface area (Å²) in [7, 11) is 0. The Morgan fingerprint density at radius 1 is 1.21 bits per heavy atom. The molecule has 3 N–H and O–H groups in total. The highest BCUT2D eigenvalue weighted by atomic mass is 16.5. The number of nitrogens with one attached hydrogen (secondary N) is 2. The van der Waals surface area contributed by atoms with Gasteiger partial charge in [0.2, 0.25) is 0 Å². The van der Waals surface area contributed by atoms with Crippen molar-refractivity contribution in [2.75, 3.05) is 6.61 Å². The minimum atomic E-state index is -0.982. The number of carbonyl (C=O) groups excluding carboxylic acids is 2. The predicted molar refractivity (Wildman–Crippen MR) is 86.5 cm³/mol. The van der Waals surface area contributed by atoms with Crippen molar-refractivity contribution < 1.29 is 24.2 Å². The van der Waals surface area contributed by atoms with Crippen molar-refractivity contribution in [1.82, 2.24) is 10.6 Å². The fourth-order valence-electron chi connectivity index (χ4n) is 2.77. The molecule has 0 bridgehead atoms. The number of hydrogen-bond acceptors (Lipinski definition) is 4. The maximum Gasteiger partial charge on any atom is 0.335 e. The van der Waals surface area contributed by atoms with Crippen LogP contribution in [0.15, 0.2) is 24.3 Å². The van der Waals surface area contributed by atoms with Gasteiger partial charge in [-0.25, -0.2) is 9.59 Å². The summed E-state index contributed by atoms with van der Waals surface area (Å²) in [5.41, 5.74) is 1.02. The van der Waals surface area contributed by atoms with Gasteiger partial charge in [0.05, 0.1) is 18.1 Å². The van der Waals surface area contributed by atoms with Crippen molar-refractivity contribution in [3.8, 4) is 0 Å². The van der Waals surface area contributed by atoms with Crippen molar-refractivity contribution in [3.63, 3.8) is 0 Å². The Morgan fingerprint density at radius 2 is 1.92 bits per heavy atom. The third-order valence-corrected chi connectivity index (χ3v) is 4.04. The summed E-state index contributed by atoms with van der Waals surface area (Å²) >= 11 is 0. The van der Waals surface area contributed by atoms with Crippen LogP contribution in [0, 0.1) is 5.92 Å². The molecule has 7 nitrogen and oxygen atoms in total. The number of benzene rings is 1. The minimum Gasteiger partial charge on any atom is -0.478 e. The molecule has 0 aliphatic heterocycles. The number of carbonyl (C=O) groups is 3. The van der Waals surface area contributed by atoms with Crippen LogP contribution in [-0.2, 0) is 16.1 Å². The quantitative estimate of drug-likeness (QED) is 0.689. The van der Waals surface area contributed by atoms with Crippen molar-refractivity contribution in [2.45, 2.75) is 38.8 Å². The second-order valence-corrected chi connectivity index (χ2v) is 5.79. The van der Waals surface area contributed by atoms with E-state index in [2.05, 4.69) is 10.6 Å². The summed E-state index contributed by atoms with van der Waals surface area (Å²) < 4.78 is 5.00. The van der Waals surface area contributed by atoms with Gasteiger partial charge in [-0.15, -0.1) is 0 Å². The Hall–Kier alpha value is -2.57. The predicted octanol–water partition coefficient (Wildman–Crippen LogP) is 1.92. The van der Waals surface area contributed by atoms with Gasteiger partial charge in [0.15, 0.2) is 0 Å². The Bertz CT molecular complexity index is 600. The minimum absolute atomic E-state index is 0.0335. The highest BCUT2D eigenvalue weighted by Gasteiger charge is 2.31. The number of hydrogen-bond donors (Lipinski definition) is 3. The molecule has 0 unspecified atom stereocenters. The van der Waals surface area contributed by atoms with Gasteiger partial charge in [-0.1, -0.05) is 12.1 Å². The van der Waals surface area contributed by atoms with E-state index in [0.29, 0.717) is 19.6 Å². The standard InChI is InChI=1S/C17H22N2O5/c1-2-24-16(22)13-7-8-14(9-13)19-17(23)18-10-11-3-5-12(6-4-11)15(20)21/h3-6,13-14H,2,7-10H2,1H3,(H,20,21)(H2,18,19,23)/t13-,14+/m1/s1. The van der Waals surface area contributed by atoms with E-state index in [-0.39, 0.29) is 29.5 Å². The Morgan fingerprint density at radius 3 is 2.54 bits per heavy atom. The summed E-state index contributed by atoms with van der Waals surface area (Å²) in [6, 6.07) is 5.99. The van der Waals surface area contributed by atoms with Crippen LogP contribution < -0.4 is 10.6 Å². The van der Waals surface area contributed by atoms with E-state index >= 15 is 0 Å². The summed E-state index contributed by atoms with van der Waals surface area (Å²) in [6.07, 6.45) is 2.07. The number of esters is 1. The van der Waals surface area contributed by atoms with E-state index in [4.69, 9.17) is 9.84 Å². The van der Waals surface area contributed by atoms with E-state index in [1.165, 1.54) is 12.1 Å². The van der Waals surface area contributed by atoms with Gasteiger partial charge in [-0.05, 0) is 43.9 Å². The molecule has 1 aliphatic carbocycles. The first-order chi connectivity index (χ1) is 11.5. The molecule has 7 heteroatoms. The molecule has 0 aromatic heterocycles. The Labute approximate surface area is 140 Å². The topological polar surface area (TPSA) is 105 Å². The second-order valence-electron chi connectivity index (χ2n) is 5.79. The van der Waals surface area contributed by atoms with Crippen LogP contribution in [-0.4, -0.2) is 35.7 Å². The molecular formula is C17H22N2O5. The van der Waals surface area contributed by atoms with Gasteiger partial charge in [0.25, 0.3) is 0 Å². The SMILES string of the molecule is CCOC(=O)[C@@H]1CC[C@H](NC(=O)NCc2ccc(C(=O)O)cc2)C1. The average molecular weight is 334 g/mol. The van der Waals surface area contributed by atoms with Gasteiger partial charge >= 0.3 is 18.0 Å². The molecule has 2 rings (SSSR count). The number of aromatic carboxylic acids is 1. The van der Waals surface area contributed by atoms with Crippen molar-refractivity contribution in [2.24, 2.45) is 5.92 Å². The van der Waals surface area contributed by atoms with E-state index in [0.717, 1.165) is 18.4 Å². The molecule has 2 atom stereocenters. The lowest BCUT2D eigenvalue weighted by molar-refractivity contribution is -0.147. The fraction of sp³-hybridized carbons (Fsp3) is 0.471. The van der Waals surface area contributed by atoms with E-state index in [1.807, 2.05) is 0 Å². The Balaban J connectivity index is 1.74. The first-order valence-corrected chi connectivity index (χ1v) is 8.02. The molecule has 1 aromatic rings. The molecule has 0 radical (unpaired) electrons. The molecular weight excluding hydrogens is 312 g/mol. The first-order valence-electron chi connectivity index (χ1n) is 8.02. The maximum absolute atomic E-state index is 11.9. The van der Waals surface area contributed by atoms with E-state index in [1.54, 1.807) is 19.1 Å². The van der Waals surface area contributed by atoms with Crippen LogP contribution in [0.5, 0.6) is 0 Å². The molecule has 1 fully saturated rings. The zero-order chi connectivity index (χ0) is 17.5. The second kappa shape index (κ2) is 8.33. The normalized spacial score (nSPS) is 19.5. The number of ether oxygens (including phenoxy) is 1. The lowest BCUT2D eigenvalue weighted by atomic mass is 10.1. The molecule has 1 saturated carbocycles. The molecule has 1 aliphatic rings. The van der Waals surface area contributed by atoms with E-state index < -0.39 is 5.97 Å². The molecule has 24 heavy (non-hydrogen) atoms. The van der Waals surface area contributed by atoms with Crippen molar-refractivity contribution in [3.05, 3.63) is 35.4 Å². The maximum atomic E-state index is 11.9. The van der Waals surface area contributed by atoms with Crippen LogP contribution in [0.2, 0.25) is 0 Å². The zero-order valence-corrected chi connectivity index (χ0v) is 13.6. The van der Waals surface area contributed by atoms with Crippen LogP contribution >= 0.6 is 0 Å². The highest BCUT2D eigenvalue weighted by Crippen LogP contribution is 2.26. The fourth-order valence-corrected chi connectivity index (χ4v) is 2.77. The molecule has 2 amide bonds. The van der Waals surface area contributed by atoms with Crippen LogP contribution in [0.25, 0.3) is 0 Å². The monoisotopic (exact) mass is 334 g/mol. The molecule has 0 spiro atoms. The van der Waals surface area contributed by atoms with Crippen LogP contribution in [0.3, 0.4) is 0 Å². The highest BCUT2D eigenvalue weighted by molar-refractivity contribution is 5.87.